The summed E-state index contributed by atoms with van der Waals surface area (Å²) in [6.45, 7) is -1.02. The van der Waals surface area contributed by atoms with E-state index >= 15 is 0 Å². The molecule has 0 amide bonds. The van der Waals surface area contributed by atoms with Crippen molar-refractivity contribution in [3.8, 4) is 0 Å². The second-order valence-electron chi connectivity index (χ2n) is 3.02. The van der Waals surface area contributed by atoms with Crippen LogP contribution in [0.1, 0.15) is 10.4 Å². The standard InChI is InChI=1S/C10H9F3O2S/c11-8(10(12,13)16)6-15-9(14)7-4-2-1-3-5-7/h1-5,8,16H,6H2. The van der Waals surface area contributed by atoms with Gasteiger partial charge in [0.05, 0.1) is 5.56 Å². The third kappa shape index (κ3) is 3.77. The van der Waals surface area contributed by atoms with Gasteiger partial charge in [-0.3, -0.25) is 0 Å². The van der Waals surface area contributed by atoms with E-state index < -0.39 is 24.0 Å². The SMILES string of the molecule is O=C(OCC(F)C(F)(F)S)c1ccccc1. The molecule has 0 aromatic heterocycles. The minimum Gasteiger partial charge on any atom is -0.459 e. The summed E-state index contributed by atoms with van der Waals surface area (Å²) in [6.07, 6.45) is -2.62. The van der Waals surface area contributed by atoms with Crippen molar-refractivity contribution < 1.29 is 22.7 Å². The van der Waals surface area contributed by atoms with Crippen molar-refractivity contribution >= 4 is 18.6 Å². The highest BCUT2D eigenvalue weighted by Crippen LogP contribution is 2.25. The van der Waals surface area contributed by atoms with Crippen LogP contribution in [0.3, 0.4) is 0 Å². The van der Waals surface area contributed by atoms with Crippen LogP contribution in [-0.2, 0) is 4.74 Å². The van der Waals surface area contributed by atoms with Gasteiger partial charge in [0.15, 0.2) is 0 Å². The zero-order chi connectivity index (χ0) is 12.2. The van der Waals surface area contributed by atoms with Crippen molar-refractivity contribution in [1.82, 2.24) is 0 Å². The quantitative estimate of drug-likeness (QED) is 0.657. The van der Waals surface area contributed by atoms with E-state index in [2.05, 4.69) is 17.4 Å². The molecule has 0 saturated heterocycles. The van der Waals surface area contributed by atoms with Gasteiger partial charge in [-0.15, -0.1) is 12.6 Å². The van der Waals surface area contributed by atoms with Crippen LogP contribution in [0.15, 0.2) is 30.3 Å². The van der Waals surface area contributed by atoms with E-state index in [1.807, 2.05) is 0 Å². The maximum Gasteiger partial charge on any atom is 0.338 e. The number of alkyl halides is 3. The maximum atomic E-state index is 12.7. The smallest absolute Gasteiger partial charge is 0.338 e. The van der Waals surface area contributed by atoms with Gasteiger partial charge >= 0.3 is 11.2 Å². The Kier molecular flexibility index (Phi) is 4.23. The molecule has 0 aliphatic carbocycles. The molecule has 6 heteroatoms. The number of hydrogen-bond acceptors (Lipinski definition) is 3. The fourth-order valence-corrected chi connectivity index (χ4v) is 0.981. The predicted molar refractivity (Wildman–Crippen MR) is 55.6 cm³/mol. The highest BCUT2D eigenvalue weighted by molar-refractivity contribution is 7.81. The van der Waals surface area contributed by atoms with Crippen LogP contribution >= 0.6 is 12.6 Å². The Bertz CT molecular complexity index is 351. The molecule has 2 nitrogen and oxygen atoms in total. The summed E-state index contributed by atoms with van der Waals surface area (Å²) in [7, 11) is 0. The number of esters is 1. The van der Waals surface area contributed by atoms with Crippen LogP contribution in [0.25, 0.3) is 0 Å². The molecule has 1 aromatic rings. The van der Waals surface area contributed by atoms with E-state index in [1.54, 1.807) is 18.2 Å². The third-order valence-corrected chi connectivity index (χ3v) is 2.03. The minimum atomic E-state index is -3.81. The van der Waals surface area contributed by atoms with Crippen LogP contribution < -0.4 is 0 Å². The molecule has 0 aliphatic heterocycles. The van der Waals surface area contributed by atoms with E-state index in [4.69, 9.17) is 0 Å². The molecule has 1 aromatic carbocycles. The molecule has 1 unspecified atom stereocenters. The van der Waals surface area contributed by atoms with E-state index in [0.717, 1.165) is 0 Å². The van der Waals surface area contributed by atoms with Gasteiger partial charge in [-0.1, -0.05) is 18.2 Å². The lowest BCUT2D eigenvalue weighted by atomic mass is 10.2. The zero-order valence-corrected chi connectivity index (χ0v) is 8.96. The van der Waals surface area contributed by atoms with Crippen molar-refractivity contribution in [3.63, 3.8) is 0 Å². The Labute approximate surface area is 95.8 Å². The number of rotatable bonds is 4. The highest BCUT2D eigenvalue weighted by Gasteiger charge is 2.36. The Morgan fingerprint density at radius 1 is 1.38 bits per heavy atom. The maximum absolute atomic E-state index is 12.7. The average Bonchev–Trinajstić information content (AvgIpc) is 2.25. The van der Waals surface area contributed by atoms with E-state index in [1.165, 1.54) is 12.1 Å². The van der Waals surface area contributed by atoms with Gasteiger partial charge in [0.1, 0.15) is 6.61 Å². The molecule has 0 saturated carbocycles. The number of thiol groups is 1. The van der Waals surface area contributed by atoms with Gasteiger partial charge in [-0.2, -0.15) is 8.78 Å². The zero-order valence-electron chi connectivity index (χ0n) is 8.07. The van der Waals surface area contributed by atoms with Gasteiger partial charge < -0.3 is 4.74 Å². The fourth-order valence-electron chi connectivity index (χ4n) is 0.907. The Balaban J connectivity index is 2.48. The Morgan fingerprint density at radius 3 is 2.44 bits per heavy atom. The molecule has 0 bridgehead atoms. The van der Waals surface area contributed by atoms with Crippen molar-refractivity contribution in [1.29, 1.82) is 0 Å². The number of carbonyl (C=O) groups is 1. The second-order valence-corrected chi connectivity index (χ2v) is 3.62. The van der Waals surface area contributed by atoms with Crippen molar-refractivity contribution in [2.24, 2.45) is 0 Å². The van der Waals surface area contributed by atoms with Crippen molar-refractivity contribution in [2.75, 3.05) is 6.61 Å². The van der Waals surface area contributed by atoms with Crippen molar-refractivity contribution in [2.45, 2.75) is 11.4 Å². The number of benzene rings is 1. The molecule has 88 valence electrons. The highest BCUT2D eigenvalue weighted by atomic mass is 32.1. The van der Waals surface area contributed by atoms with Gasteiger partial charge in [-0.25, -0.2) is 9.18 Å². The number of hydrogen-bond donors (Lipinski definition) is 1. The first-order chi connectivity index (χ1) is 7.41. The van der Waals surface area contributed by atoms with E-state index in [0.29, 0.717) is 0 Å². The van der Waals surface area contributed by atoms with E-state index in [9.17, 15) is 18.0 Å². The lowest BCUT2D eigenvalue weighted by molar-refractivity contribution is -0.0229. The molecule has 0 heterocycles. The number of ether oxygens (including phenoxy) is 1. The molecule has 0 aliphatic rings. The molecule has 0 fully saturated rings. The topological polar surface area (TPSA) is 26.3 Å². The lowest BCUT2D eigenvalue weighted by Gasteiger charge is -2.14. The number of halogens is 3. The summed E-state index contributed by atoms with van der Waals surface area (Å²) < 4.78 is 41.6. The largest absolute Gasteiger partial charge is 0.459 e. The van der Waals surface area contributed by atoms with Crippen LogP contribution in [0, 0.1) is 0 Å². The molecule has 16 heavy (non-hydrogen) atoms. The molecule has 1 rings (SSSR count). The average molecular weight is 250 g/mol. The van der Waals surface area contributed by atoms with E-state index in [-0.39, 0.29) is 5.56 Å². The first-order valence-corrected chi connectivity index (χ1v) is 4.82. The first kappa shape index (κ1) is 12.9. The third-order valence-electron chi connectivity index (χ3n) is 1.75. The molecule has 0 N–H and O–H groups in total. The molecular formula is C10H9F3O2S. The Hall–Kier alpha value is -1.17. The molecule has 1 atom stereocenters. The number of carbonyl (C=O) groups excluding carboxylic acids is 1. The predicted octanol–water partition coefficient (Wildman–Crippen LogP) is 2.70. The minimum absolute atomic E-state index is 0.178. The first-order valence-electron chi connectivity index (χ1n) is 4.37. The normalized spacial score (nSPS) is 13.2. The van der Waals surface area contributed by atoms with Crippen LogP contribution in [0.5, 0.6) is 0 Å². The van der Waals surface area contributed by atoms with Gasteiger partial charge in [0, 0.05) is 0 Å². The molecule has 0 radical (unpaired) electrons. The summed E-state index contributed by atoms with van der Waals surface area (Å²) >= 11 is 2.74. The second kappa shape index (κ2) is 5.25. The molecular weight excluding hydrogens is 241 g/mol. The van der Waals surface area contributed by atoms with Gasteiger partial charge in [-0.05, 0) is 12.1 Å². The van der Waals surface area contributed by atoms with Gasteiger partial charge in [0.2, 0.25) is 6.17 Å². The lowest BCUT2D eigenvalue weighted by Crippen LogP contribution is -2.29. The van der Waals surface area contributed by atoms with Crippen molar-refractivity contribution in [3.05, 3.63) is 35.9 Å². The molecule has 0 spiro atoms. The Morgan fingerprint density at radius 2 is 1.94 bits per heavy atom. The summed E-state index contributed by atoms with van der Waals surface area (Å²) in [5.74, 6) is -0.846. The van der Waals surface area contributed by atoms with Gasteiger partial charge in [0.25, 0.3) is 0 Å². The van der Waals surface area contributed by atoms with Crippen LogP contribution in [0.2, 0.25) is 0 Å². The van der Waals surface area contributed by atoms with Crippen LogP contribution in [-0.4, -0.2) is 24.0 Å². The summed E-state index contributed by atoms with van der Waals surface area (Å²) in [6, 6.07) is 7.72. The monoisotopic (exact) mass is 250 g/mol. The summed E-state index contributed by atoms with van der Waals surface area (Å²) in [4.78, 5) is 11.2. The van der Waals surface area contributed by atoms with Crippen LogP contribution in [0.4, 0.5) is 13.2 Å². The summed E-state index contributed by atoms with van der Waals surface area (Å²) in [5.41, 5.74) is 0.178. The summed E-state index contributed by atoms with van der Waals surface area (Å²) in [5, 5.41) is -3.81. The fraction of sp³-hybridized carbons (Fsp3) is 0.300.